The van der Waals surface area contributed by atoms with Gasteiger partial charge in [-0.2, -0.15) is 0 Å². The number of carbonyl (C=O) groups excluding carboxylic acids is 1. The lowest BCUT2D eigenvalue weighted by molar-refractivity contribution is 0.0941. The molecule has 30 heavy (non-hydrogen) atoms. The summed E-state index contributed by atoms with van der Waals surface area (Å²) < 4.78 is 27.7. The minimum atomic E-state index is -3.75. The van der Waals surface area contributed by atoms with Crippen LogP contribution in [0.1, 0.15) is 47.3 Å². The minimum absolute atomic E-state index is 0.00751. The van der Waals surface area contributed by atoms with Crippen LogP contribution < -0.4 is 10.0 Å². The highest BCUT2D eigenvalue weighted by molar-refractivity contribution is 7.89. The van der Waals surface area contributed by atoms with E-state index < -0.39 is 10.0 Å². The second kappa shape index (κ2) is 9.47. The van der Waals surface area contributed by atoms with Gasteiger partial charge in [-0.1, -0.05) is 42.8 Å². The lowest BCUT2D eigenvalue weighted by atomic mass is 10.0. The quantitative estimate of drug-likeness (QED) is 0.615. The lowest BCUT2D eigenvalue weighted by Gasteiger charge is -2.25. The summed E-state index contributed by atoms with van der Waals surface area (Å²) in [7, 11) is 0.171. The largest absolute Gasteiger partial charge is 0.350 e. The van der Waals surface area contributed by atoms with Crippen molar-refractivity contribution < 1.29 is 13.2 Å². The summed E-state index contributed by atoms with van der Waals surface area (Å²) in [4.78, 5) is 14.7. The Morgan fingerprint density at radius 2 is 1.83 bits per heavy atom. The topological polar surface area (TPSA) is 78.5 Å². The van der Waals surface area contributed by atoms with Gasteiger partial charge in [-0.3, -0.25) is 4.79 Å². The van der Waals surface area contributed by atoms with E-state index in [1.807, 2.05) is 19.0 Å². The van der Waals surface area contributed by atoms with Crippen molar-refractivity contribution in [3.63, 3.8) is 0 Å². The van der Waals surface area contributed by atoms with Crippen molar-refractivity contribution in [2.45, 2.75) is 43.2 Å². The first-order valence-electron chi connectivity index (χ1n) is 10.1. The predicted octanol–water partition coefficient (Wildman–Crippen LogP) is 3.38. The van der Waals surface area contributed by atoms with E-state index in [2.05, 4.69) is 41.2 Å². The zero-order chi connectivity index (χ0) is 21.9. The summed E-state index contributed by atoms with van der Waals surface area (Å²) in [5.41, 5.74) is 2.62. The summed E-state index contributed by atoms with van der Waals surface area (Å²) in [5, 5.41) is 3.02. The smallest absolute Gasteiger partial charge is 0.251 e. The van der Waals surface area contributed by atoms with E-state index in [-0.39, 0.29) is 33.5 Å². The lowest BCUT2D eigenvalue weighted by Crippen LogP contribution is -2.34. The van der Waals surface area contributed by atoms with Gasteiger partial charge in [0.05, 0.1) is 11.1 Å². The summed E-state index contributed by atoms with van der Waals surface area (Å²) in [6.07, 6.45) is 2.62. The van der Waals surface area contributed by atoms with E-state index in [1.54, 1.807) is 0 Å². The number of halogens is 1. The van der Waals surface area contributed by atoms with Crippen LogP contribution in [0.25, 0.3) is 0 Å². The molecule has 1 fully saturated rings. The number of likely N-dealkylation sites (N-methyl/N-ethyl adjacent to an activating group) is 1. The van der Waals surface area contributed by atoms with E-state index in [0.717, 1.165) is 24.8 Å². The molecule has 1 aliphatic rings. The third-order valence-electron chi connectivity index (χ3n) is 5.23. The predicted molar refractivity (Wildman–Crippen MR) is 119 cm³/mol. The first kappa shape index (κ1) is 22.7. The van der Waals surface area contributed by atoms with E-state index >= 15 is 0 Å². The number of sulfonamides is 1. The van der Waals surface area contributed by atoms with Gasteiger partial charge in [0.2, 0.25) is 10.0 Å². The molecule has 2 N–H and O–H groups in total. The molecule has 1 amide bonds. The van der Waals surface area contributed by atoms with E-state index in [4.69, 9.17) is 11.6 Å². The molecule has 6 nitrogen and oxygen atoms in total. The number of hydrogen-bond acceptors (Lipinski definition) is 4. The monoisotopic (exact) mass is 449 g/mol. The number of nitrogens with one attached hydrogen (secondary N) is 2. The maximum atomic E-state index is 12.7. The molecule has 1 saturated carbocycles. The van der Waals surface area contributed by atoms with E-state index in [0.29, 0.717) is 6.54 Å². The molecule has 162 valence electrons. The average molecular weight is 450 g/mol. The summed E-state index contributed by atoms with van der Waals surface area (Å²) in [6.45, 7) is 2.50. The van der Waals surface area contributed by atoms with Crippen molar-refractivity contribution in [2.24, 2.45) is 0 Å². The third-order valence-corrected chi connectivity index (χ3v) is 7.24. The van der Waals surface area contributed by atoms with Gasteiger partial charge < -0.3 is 10.2 Å². The van der Waals surface area contributed by atoms with Gasteiger partial charge >= 0.3 is 0 Å². The Morgan fingerprint density at radius 3 is 2.40 bits per heavy atom. The molecule has 2 aromatic rings. The molecule has 0 spiro atoms. The van der Waals surface area contributed by atoms with Crippen LogP contribution in [0.4, 0.5) is 0 Å². The highest BCUT2D eigenvalue weighted by Crippen LogP contribution is 2.27. The molecular weight excluding hydrogens is 422 g/mol. The first-order valence-corrected chi connectivity index (χ1v) is 11.9. The Morgan fingerprint density at radius 1 is 1.17 bits per heavy atom. The number of nitrogens with zero attached hydrogens (tertiary/aromatic N) is 1. The van der Waals surface area contributed by atoms with Gasteiger partial charge in [-0.15, -0.1) is 0 Å². The van der Waals surface area contributed by atoms with Gasteiger partial charge in [0, 0.05) is 18.2 Å². The van der Waals surface area contributed by atoms with Crippen LogP contribution in [-0.4, -0.2) is 45.9 Å². The number of carbonyl (C=O) groups is 1. The van der Waals surface area contributed by atoms with Crippen LogP contribution in [0.3, 0.4) is 0 Å². The zero-order valence-corrected chi connectivity index (χ0v) is 19.1. The van der Waals surface area contributed by atoms with Crippen molar-refractivity contribution in [3.8, 4) is 0 Å². The summed E-state index contributed by atoms with van der Waals surface area (Å²) in [6, 6.07) is 12.6. The Hall–Kier alpha value is -1.93. The maximum Gasteiger partial charge on any atom is 0.251 e. The molecule has 0 aromatic heterocycles. The summed E-state index contributed by atoms with van der Waals surface area (Å²) in [5.74, 6) is -0.341. The van der Waals surface area contributed by atoms with Crippen molar-refractivity contribution in [2.75, 3.05) is 20.6 Å². The van der Waals surface area contributed by atoms with Crippen molar-refractivity contribution in [1.82, 2.24) is 14.9 Å². The molecule has 0 aliphatic heterocycles. The highest BCUT2D eigenvalue weighted by atomic mass is 35.5. The molecule has 2 aromatic carbocycles. The van der Waals surface area contributed by atoms with Gasteiger partial charge in [-0.05, 0) is 62.7 Å². The standard InChI is InChI=1S/C22H28ClN3O3S/c1-4-15-5-7-16(8-6-15)20(26(2)3)14-24-22(27)17-9-12-19(23)21(13-17)30(28,29)25-18-10-11-18/h5-9,12-13,18,20,25H,4,10-11,14H2,1-3H3,(H,24,27). The Bertz CT molecular complexity index is 1000. The molecule has 3 rings (SSSR count). The minimum Gasteiger partial charge on any atom is -0.350 e. The molecule has 1 unspecified atom stereocenters. The Labute approximate surface area is 183 Å². The first-order chi connectivity index (χ1) is 14.2. The average Bonchev–Trinajstić information content (AvgIpc) is 3.51. The molecular formula is C22H28ClN3O3S. The van der Waals surface area contributed by atoms with Gasteiger partial charge in [-0.25, -0.2) is 13.1 Å². The van der Waals surface area contributed by atoms with Crippen LogP contribution in [0, 0.1) is 0 Å². The fraction of sp³-hybridized carbons (Fsp3) is 0.409. The second-order valence-electron chi connectivity index (χ2n) is 7.83. The fourth-order valence-corrected chi connectivity index (χ4v) is 5.03. The molecule has 0 radical (unpaired) electrons. The van der Waals surface area contributed by atoms with E-state index in [1.165, 1.54) is 23.8 Å². The molecule has 1 aliphatic carbocycles. The number of amides is 1. The fourth-order valence-electron chi connectivity index (χ4n) is 3.20. The molecule has 0 saturated heterocycles. The highest BCUT2D eigenvalue weighted by Gasteiger charge is 2.29. The van der Waals surface area contributed by atoms with Crippen LogP contribution >= 0.6 is 11.6 Å². The van der Waals surface area contributed by atoms with Gasteiger partial charge in [0.25, 0.3) is 5.91 Å². The van der Waals surface area contributed by atoms with Crippen molar-refractivity contribution >= 4 is 27.5 Å². The van der Waals surface area contributed by atoms with Gasteiger partial charge in [0.15, 0.2) is 0 Å². The van der Waals surface area contributed by atoms with Crippen molar-refractivity contribution in [3.05, 3.63) is 64.2 Å². The van der Waals surface area contributed by atoms with Crippen LogP contribution in [0.5, 0.6) is 0 Å². The number of benzene rings is 2. The molecule has 8 heteroatoms. The SMILES string of the molecule is CCc1ccc(C(CNC(=O)c2ccc(Cl)c(S(=O)(=O)NC3CC3)c2)N(C)C)cc1. The number of rotatable bonds is 9. The third kappa shape index (κ3) is 5.60. The van der Waals surface area contributed by atoms with Crippen LogP contribution in [0.2, 0.25) is 5.02 Å². The Balaban J connectivity index is 1.73. The van der Waals surface area contributed by atoms with Crippen LogP contribution in [0.15, 0.2) is 47.4 Å². The normalized spacial score (nSPS) is 15.2. The number of hydrogen-bond donors (Lipinski definition) is 2. The summed E-state index contributed by atoms with van der Waals surface area (Å²) >= 11 is 6.11. The molecule has 0 heterocycles. The Kier molecular flexibility index (Phi) is 7.18. The van der Waals surface area contributed by atoms with Gasteiger partial charge in [0.1, 0.15) is 4.90 Å². The molecule has 1 atom stereocenters. The van der Waals surface area contributed by atoms with E-state index in [9.17, 15) is 13.2 Å². The van der Waals surface area contributed by atoms with Crippen LogP contribution in [-0.2, 0) is 16.4 Å². The number of aryl methyl sites for hydroxylation is 1. The molecule has 0 bridgehead atoms. The van der Waals surface area contributed by atoms with Crippen molar-refractivity contribution in [1.29, 1.82) is 0 Å². The maximum absolute atomic E-state index is 12.7. The second-order valence-corrected chi connectivity index (χ2v) is 9.91. The zero-order valence-electron chi connectivity index (χ0n) is 17.5.